The Balaban J connectivity index is 1.78. The molecule has 3 heterocycles. The molecule has 5 nitrogen and oxygen atoms in total. The molecular weight excluding hydrogens is 318 g/mol. The van der Waals surface area contributed by atoms with Crippen molar-refractivity contribution in [2.24, 2.45) is 0 Å². The van der Waals surface area contributed by atoms with Crippen molar-refractivity contribution < 1.29 is 0 Å². The summed E-state index contributed by atoms with van der Waals surface area (Å²) in [5.74, 6) is 0.490. The van der Waals surface area contributed by atoms with Crippen LogP contribution in [0.4, 0.5) is 5.69 Å². The topological polar surface area (TPSA) is 53.9 Å². The van der Waals surface area contributed by atoms with Crippen LogP contribution >= 0.6 is 22.9 Å². The lowest BCUT2D eigenvalue weighted by atomic mass is 9.93. The smallest absolute Gasteiger partial charge is 0.151 e. The third-order valence-corrected chi connectivity index (χ3v) is 5.32. The van der Waals surface area contributed by atoms with E-state index in [0.717, 1.165) is 34.4 Å². The third-order valence-electron chi connectivity index (χ3n) is 3.99. The zero-order valence-electron chi connectivity index (χ0n) is 13.2. The number of likely N-dealkylation sites (tertiary alicyclic amines) is 1. The second-order valence-electron chi connectivity index (χ2n) is 6.52. The summed E-state index contributed by atoms with van der Waals surface area (Å²) in [4.78, 5) is 6.61. The van der Waals surface area contributed by atoms with Gasteiger partial charge in [0.05, 0.1) is 5.56 Å². The number of rotatable bonds is 3. The van der Waals surface area contributed by atoms with Crippen LogP contribution < -0.4 is 5.32 Å². The minimum absolute atomic E-state index is 0.226. The molecule has 2 aromatic heterocycles. The van der Waals surface area contributed by atoms with Gasteiger partial charge in [-0.1, -0.05) is 22.9 Å². The van der Waals surface area contributed by atoms with E-state index in [1.165, 1.54) is 0 Å². The van der Waals surface area contributed by atoms with E-state index in [4.69, 9.17) is 11.6 Å². The Labute approximate surface area is 139 Å². The van der Waals surface area contributed by atoms with E-state index < -0.39 is 0 Å². The van der Waals surface area contributed by atoms with E-state index >= 15 is 0 Å². The van der Waals surface area contributed by atoms with E-state index in [1.54, 1.807) is 17.5 Å². The minimum atomic E-state index is 0.226. The van der Waals surface area contributed by atoms with E-state index in [0.29, 0.717) is 11.1 Å². The molecule has 0 unspecified atom stereocenters. The highest BCUT2D eigenvalue weighted by Gasteiger charge is 2.37. The van der Waals surface area contributed by atoms with Crippen LogP contribution in [-0.2, 0) is 0 Å². The van der Waals surface area contributed by atoms with Crippen LogP contribution in [0.15, 0.2) is 12.3 Å². The minimum Gasteiger partial charge on any atom is -0.387 e. The number of hydrogen-bond acceptors (Lipinski definition) is 6. The van der Waals surface area contributed by atoms with Crippen molar-refractivity contribution in [3.63, 3.8) is 0 Å². The molecule has 22 heavy (non-hydrogen) atoms. The number of nitrogens with zero attached hydrogens (tertiary/aromatic N) is 4. The molecule has 1 aliphatic heterocycles. The number of aromatic nitrogens is 3. The molecule has 2 aromatic rings. The quantitative estimate of drug-likeness (QED) is 0.869. The van der Waals surface area contributed by atoms with Crippen molar-refractivity contribution >= 4 is 28.6 Å². The summed E-state index contributed by atoms with van der Waals surface area (Å²) in [5, 5.41) is 14.3. The second kappa shape index (κ2) is 5.76. The number of anilines is 1. The average molecular weight is 338 g/mol. The number of halogens is 1. The van der Waals surface area contributed by atoms with Gasteiger partial charge in [-0.25, -0.2) is 4.98 Å². The van der Waals surface area contributed by atoms with Gasteiger partial charge in [0, 0.05) is 43.5 Å². The Kier molecular flexibility index (Phi) is 4.09. The zero-order chi connectivity index (χ0) is 15.9. The van der Waals surface area contributed by atoms with Gasteiger partial charge in [-0.2, -0.15) is 0 Å². The van der Waals surface area contributed by atoms with E-state index in [-0.39, 0.29) is 5.54 Å². The lowest BCUT2D eigenvalue weighted by Crippen LogP contribution is -2.54. The van der Waals surface area contributed by atoms with Gasteiger partial charge in [-0.05, 0) is 26.8 Å². The third kappa shape index (κ3) is 2.95. The fraction of sp³-hybridized carbons (Fsp3) is 0.533. The largest absolute Gasteiger partial charge is 0.387 e. The SMILES string of the molecule is CNc1cc(Cl)ncc1-c1nnc(C2CN(C(C)(C)C)C2)s1. The average Bonchev–Trinajstić information content (AvgIpc) is 2.84. The molecule has 0 atom stereocenters. The van der Waals surface area contributed by atoms with E-state index in [1.807, 2.05) is 13.1 Å². The highest BCUT2D eigenvalue weighted by atomic mass is 35.5. The summed E-state index contributed by atoms with van der Waals surface area (Å²) < 4.78 is 0. The van der Waals surface area contributed by atoms with Crippen molar-refractivity contribution in [1.29, 1.82) is 0 Å². The molecule has 7 heteroatoms. The van der Waals surface area contributed by atoms with Crippen LogP contribution in [0.5, 0.6) is 0 Å². The van der Waals surface area contributed by atoms with Crippen molar-refractivity contribution in [1.82, 2.24) is 20.1 Å². The van der Waals surface area contributed by atoms with Crippen molar-refractivity contribution in [2.45, 2.75) is 32.2 Å². The Hall–Kier alpha value is -1.24. The first-order valence-electron chi connectivity index (χ1n) is 7.30. The molecule has 0 spiro atoms. The molecule has 118 valence electrons. The van der Waals surface area contributed by atoms with Gasteiger partial charge < -0.3 is 5.32 Å². The van der Waals surface area contributed by atoms with Gasteiger partial charge >= 0.3 is 0 Å². The lowest BCUT2D eigenvalue weighted by Gasteiger charge is -2.46. The predicted octanol–water partition coefficient (Wildman–Crippen LogP) is 3.49. The summed E-state index contributed by atoms with van der Waals surface area (Å²) in [6, 6.07) is 1.81. The fourth-order valence-corrected chi connectivity index (χ4v) is 3.61. The summed E-state index contributed by atoms with van der Waals surface area (Å²) in [6.45, 7) is 8.83. The number of hydrogen-bond donors (Lipinski definition) is 1. The van der Waals surface area contributed by atoms with Gasteiger partial charge in [-0.3, -0.25) is 4.90 Å². The van der Waals surface area contributed by atoms with Crippen LogP contribution in [0.2, 0.25) is 5.15 Å². The number of nitrogens with one attached hydrogen (secondary N) is 1. The van der Waals surface area contributed by atoms with Gasteiger partial charge in [-0.15, -0.1) is 10.2 Å². The molecule has 3 rings (SSSR count). The van der Waals surface area contributed by atoms with Crippen LogP contribution in [0, 0.1) is 0 Å². The Morgan fingerprint density at radius 1 is 1.32 bits per heavy atom. The molecule has 0 aliphatic carbocycles. The first-order chi connectivity index (χ1) is 10.4. The van der Waals surface area contributed by atoms with Gasteiger partial charge in [0.2, 0.25) is 0 Å². The van der Waals surface area contributed by atoms with Gasteiger partial charge in [0.25, 0.3) is 0 Å². The highest BCUT2D eigenvalue weighted by molar-refractivity contribution is 7.14. The normalized spacial score (nSPS) is 16.6. The standard InChI is InChI=1S/C15H20ClN5S/c1-15(2,3)21-7-9(8-21)13-19-20-14(22-13)10-6-18-12(16)5-11(10)17-4/h5-6,9H,7-8H2,1-4H3,(H,17,18). The predicted molar refractivity (Wildman–Crippen MR) is 91.8 cm³/mol. The van der Waals surface area contributed by atoms with Crippen LogP contribution in [0.25, 0.3) is 10.6 Å². The molecule has 0 bridgehead atoms. The van der Waals surface area contributed by atoms with Crippen LogP contribution in [0.3, 0.4) is 0 Å². The molecule has 0 aromatic carbocycles. The van der Waals surface area contributed by atoms with Crippen molar-refractivity contribution in [3.05, 3.63) is 22.4 Å². The highest BCUT2D eigenvalue weighted by Crippen LogP contribution is 2.37. The summed E-state index contributed by atoms with van der Waals surface area (Å²) in [7, 11) is 1.87. The zero-order valence-corrected chi connectivity index (χ0v) is 14.8. The van der Waals surface area contributed by atoms with Crippen LogP contribution in [-0.4, -0.2) is 45.8 Å². The molecule has 1 fully saturated rings. The fourth-order valence-electron chi connectivity index (χ4n) is 2.50. The maximum absolute atomic E-state index is 5.94. The van der Waals surface area contributed by atoms with Crippen molar-refractivity contribution in [2.75, 3.05) is 25.5 Å². The Morgan fingerprint density at radius 2 is 2.05 bits per heavy atom. The van der Waals surface area contributed by atoms with Crippen LogP contribution in [0.1, 0.15) is 31.7 Å². The lowest BCUT2D eigenvalue weighted by molar-refractivity contribution is 0.0467. The Bertz CT molecular complexity index is 673. The first kappa shape index (κ1) is 15.6. The van der Waals surface area contributed by atoms with E-state index in [2.05, 4.69) is 46.2 Å². The monoisotopic (exact) mass is 337 g/mol. The van der Waals surface area contributed by atoms with Gasteiger partial charge in [0.1, 0.15) is 10.2 Å². The Morgan fingerprint density at radius 3 is 2.68 bits per heavy atom. The maximum Gasteiger partial charge on any atom is 0.151 e. The second-order valence-corrected chi connectivity index (χ2v) is 7.92. The number of pyridine rings is 1. The van der Waals surface area contributed by atoms with Crippen molar-refractivity contribution in [3.8, 4) is 10.6 Å². The summed E-state index contributed by atoms with van der Waals surface area (Å²) in [6.07, 6.45) is 1.75. The first-order valence-corrected chi connectivity index (χ1v) is 8.50. The molecule has 0 saturated carbocycles. The van der Waals surface area contributed by atoms with E-state index in [9.17, 15) is 0 Å². The molecule has 1 aliphatic rings. The molecule has 0 amide bonds. The molecule has 0 radical (unpaired) electrons. The molecular formula is C15H20ClN5S. The molecule has 1 N–H and O–H groups in total. The maximum atomic E-state index is 5.94. The summed E-state index contributed by atoms with van der Waals surface area (Å²) in [5.41, 5.74) is 2.10. The van der Waals surface area contributed by atoms with Gasteiger partial charge in [0.15, 0.2) is 5.01 Å². The molecule has 1 saturated heterocycles. The summed E-state index contributed by atoms with van der Waals surface area (Å²) >= 11 is 7.59.